The Balaban J connectivity index is 1.70. The SMILES string of the molecule is Nc1cnccc1N1CCN(CCOCC(F)(F)F)CC1. The second-order valence-electron chi connectivity index (χ2n) is 4.93. The summed E-state index contributed by atoms with van der Waals surface area (Å²) < 4.78 is 40.4. The molecule has 5 nitrogen and oxygen atoms in total. The van der Waals surface area contributed by atoms with Crippen molar-refractivity contribution in [1.82, 2.24) is 9.88 Å². The average Bonchev–Trinajstić information content (AvgIpc) is 2.44. The van der Waals surface area contributed by atoms with Crippen molar-refractivity contribution in [3.05, 3.63) is 18.5 Å². The highest BCUT2D eigenvalue weighted by Gasteiger charge is 2.27. The third kappa shape index (κ3) is 5.05. The lowest BCUT2D eigenvalue weighted by Gasteiger charge is -2.36. The Hall–Kier alpha value is -1.54. The van der Waals surface area contributed by atoms with Gasteiger partial charge in [0.15, 0.2) is 0 Å². The van der Waals surface area contributed by atoms with E-state index in [1.807, 2.05) is 6.07 Å². The molecule has 0 radical (unpaired) electrons. The number of hydrogen-bond acceptors (Lipinski definition) is 5. The molecule has 0 saturated carbocycles. The lowest BCUT2D eigenvalue weighted by atomic mass is 10.2. The third-order valence-corrected chi connectivity index (χ3v) is 3.36. The lowest BCUT2D eigenvalue weighted by Crippen LogP contribution is -2.47. The van der Waals surface area contributed by atoms with E-state index in [0.717, 1.165) is 31.9 Å². The number of piperazine rings is 1. The molecule has 1 fully saturated rings. The van der Waals surface area contributed by atoms with Crippen molar-refractivity contribution in [2.45, 2.75) is 6.18 Å². The van der Waals surface area contributed by atoms with Crippen LogP contribution in [0.15, 0.2) is 18.5 Å². The van der Waals surface area contributed by atoms with E-state index in [2.05, 4.69) is 19.5 Å². The van der Waals surface area contributed by atoms with Gasteiger partial charge in [0.2, 0.25) is 0 Å². The summed E-state index contributed by atoms with van der Waals surface area (Å²) in [5.74, 6) is 0. The largest absolute Gasteiger partial charge is 0.411 e. The van der Waals surface area contributed by atoms with Crippen LogP contribution in [-0.2, 0) is 4.74 Å². The Morgan fingerprint density at radius 1 is 1.24 bits per heavy atom. The molecular formula is C13H19F3N4O. The number of nitrogen functional groups attached to an aromatic ring is 1. The van der Waals surface area contributed by atoms with Gasteiger partial charge in [0, 0.05) is 38.9 Å². The fourth-order valence-corrected chi connectivity index (χ4v) is 2.28. The molecule has 0 atom stereocenters. The van der Waals surface area contributed by atoms with E-state index in [1.165, 1.54) is 0 Å². The first-order valence-corrected chi connectivity index (χ1v) is 6.77. The summed E-state index contributed by atoms with van der Waals surface area (Å²) in [5.41, 5.74) is 7.48. The minimum atomic E-state index is -4.25. The van der Waals surface area contributed by atoms with Gasteiger partial charge in [-0.25, -0.2) is 0 Å². The predicted octanol–water partition coefficient (Wildman–Crippen LogP) is 1.36. The van der Waals surface area contributed by atoms with Crippen LogP contribution in [0.3, 0.4) is 0 Å². The minimum absolute atomic E-state index is 0.0942. The summed E-state index contributed by atoms with van der Waals surface area (Å²) in [6, 6.07) is 1.87. The molecule has 2 heterocycles. The van der Waals surface area contributed by atoms with Gasteiger partial charge in [0.25, 0.3) is 0 Å². The number of nitrogens with zero attached hydrogens (tertiary/aromatic N) is 3. The highest BCUT2D eigenvalue weighted by molar-refractivity contribution is 5.66. The van der Waals surface area contributed by atoms with E-state index >= 15 is 0 Å². The van der Waals surface area contributed by atoms with E-state index < -0.39 is 12.8 Å². The Morgan fingerprint density at radius 3 is 2.57 bits per heavy atom. The first-order valence-electron chi connectivity index (χ1n) is 6.77. The fourth-order valence-electron chi connectivity index (χ4n) is 2.28. The van der Waals surface area contributed by atoms with Gasteiger partial charge in [-0.1, -0.05) is 0 Å². The highest BCUT2D eigenvalue weighted by Crippen LogP contribution is 2.22. The van der Waals surface area contributed by atoms with Crippen molar-refractivity contribution in [2.75, 3.05) is 56.6 Å². The maximum absolute atomic E-state index is 11.9. The number of alkyl halides is 3. The molecule has 1 aliphatic heterocycles. The topological polar surface area (TPSA) is 54.6 Å². The number of rotatable bonds is 5. The molecule has 0 aromatic carbocycles. The summed E-state index contributed by atoms with van der Waals surface area (Å²) in [7, 11) is 0. The van der Waals surface area contributed by atoms with Crippen LogP contribution in [-0.4, -0.2) is 62.0 Å². The van der Waals surface area contributed by atoms with Crippen LogP contribution in [0, 0.1) is 0 Å². The number of anilines is 2. The smallest absolute Gasteiger partial charge is 0.396 e. The summed E-state index contributed by atoms with van der Waals surface area (Å²) in [6.45, 7) is 2.54. The minimum Gasteiger partial charge on any atom is -0.396 e. The average molecular weight is 304 g/mol. The number of nitrogens with two attached hydrogens (primary N) is 1. The number of pyridine rings is 1. The zero-order valence-electron chi connectivity index (χ0n) is 11.6. The zero-order chi connectivity index (χ0) is 15.3. The summed E-state index contributed by atoms with van der Waals surface area (Å²) >= 11 is 0. The van der Waals surface area contributed by atoms with Crippen LogP contribution in [0.1, 0.15) is 0 Å². The van der Waals surface area contributed by atoms with Gasteiger partial charge >= 0.3 is 6.18 Å². The molecule has 8 heteroatoms. The number of aromatic nitrogens is 1. The molecule has 118 valence electrons. The quantitative estimate of drug-likeness (QED) is 0.833. The first kappa shape index (κ1) is 15.8. The Labute approximate surface area is 121 Å². The Kier molecular flexibility index (Phi) is 5.24. The molecular weight excluding hydrogens is 285 g/mol. The van der Waals surface area contributed by atoms with Gasteiger partial charge in [-0.3, -0.25) is 9.88 Å². The number of halogens is 3. The van der Waals surface area contributed by atoms with Crippen LogP contribution < -0.4 is 10.6 Å². The van der Waals surface area contributed by atoms with E-state index in [4.69, 9.17) is 5.73 Å². The zero-order valence-corrected chi connectivity index (χ0v) is 11.6. The lowest BCUT2D eigenvalue weighted by molar-refractivity contribution is -0.174. The van der Waals surface area contributed by atoms with Crippen LogP contribution >= 0.6 is 0 Å². The molecule has 1 aromatic heterocycles. The molecule has 0 aliphatic carbocycles. The van der Waals surface area contributed by atoms with E-state index in [-0.39, 0.29) is 6.61 Å². The van der Waals surface area contributed by atoms with Gasteiger partial charge in [-0.15, -0.1) is 0 Å². The van der Waals surface area contributed by atoms with Gasteiger partial charge in [-0.2, -0.15) is 13.2 Å². The summed E-state index contributed by atoms with van der Waals surface area (Å²) in [6.07, 6.45) is -0.937. The second-order valence-corrected chi connectivity index (χ2v) is 4.93. The van der Waals surface area contributed by atoms with Crippen molar-refractivity contribution in [1.29, 1.82) is 0 Å². The van der Waals surface area contributed by atoms with Gasteiger partial charge in [-0.05, 0) is 6.07 Å². The molecule has 21 heavy (non-hydrogen) atoms. The maximum atomic E-state index is 11.9. The molecule has 2 N–H and O–H groups in total. The third-order valence-electron chi connectivity index (χ3n) is 3.36. The van der Waals surface area contributed by atoms with Crippen LogP contribution in [0.4, 0.5) is 24.5 Å². The van der Waals surface area contributed by atoms with E-state index in [1.54, 1.807) is 12.4 Å². The fraction of sp³-hybridized carbons (Fsp3) is 0.615. The Bertz CT molecular complexity index is 447. The van der Waals surface area contributed by atoms with Crippen LogP contribution in [0.5, 0.6) is 0 Å². The Morgan fingerprint density at radius 2 is 1.95 bits per heavy atom. The number of ether oxygens (including phenoxy) is 1. The van der Waals surface area contributed by atoms with Gasteiger partial charge in [0.1, 0.15) is 6.61 Å². The summed E-state index contributed by atoms with van der Waals surface area (Å²) in [5, 5.41) is 0. The number of hydrogen-bond donors (Lipinski definition) is 1. The van der Waals surface area contributed by atoms with Gasteiger partial charge < -0.3 is 15.4 Å². The second kappa shape index (κ2) is 6.95. The van der Waals surface area contributed by atoms with Crippen molar-refractivity contribution < 1.29 is 17.9 Å². The van der Waals surface area contributed by atoms with Crippen molar-refractivity contribution >= 4 is 11.4 Å². The van der Waals surface area contributed by atoms with Crippen molar-refractivity contribution in [2.24, 2.45) is 0 Å². The maximum Gasteiger partial charge on any atom is 0.411 e. The van der Waals surface area contributed by atoms with E-state index in [9.17, 15) is 13.2 Å². The normalized spacial score (nSPS) is 17.2. The molecule has 0 amide bonds. The molecule has 0 bridgehead atoms. The molecule has 2 rings (SSSR count). The van der Waals surface area contributed by atoms with Crippen LogP contribution in [0.2, 0.25) is 0 Å². The standard InChI is InChI=1S/C13H19F3N4O/c14-13(15,16)10-21-8-7-19-3-5-20(6-4-19)12-1-2-18-9-11(12)17/h1-2,9H,3-8,10,17H2. The highest BCUT2D eigenvalue weighted by atomic mass is 19.4. The molecule has 1 aliphatic rings. The van der Waals surface area contributed by atoms with Crippen molar-refractivity contribution in [3.63, 3.8) is 0 Å². The van der Waals surface area contributed by atoms with Crippen molar-refractivity contribution in [3.8, 4) is 0 Å². The summed E-state index contributed by atoms with van der Waals surface area (Å²) in [4.78, 5) is 8.20. The monoisotopic (exact) mass is 304 g/mol. The molecule has 1 aromatic rings. The molecule has 0 spiro atoms. The molecule has 1 saturated heterocycles. The first-order chi connectivity index (χ1) is 9.96. The molecule has 0 unspecified atom stereocenters. The van der Waals surface area contributed by atoms with E-state index in [0.29, 0.717) is 12.2 Å². The predicted molar refractivity (Wildman–Crippen MR) is 74.2 cm³/mol. The van der Waals surface area contributed by atoms with Crippen LogP contribution in [0.25, 0.3) is 0 Å². The van der Waals surface area contributed by atoms with Gasteiger partial charge in [0.05, 0.1) is 24.2 Å².